The fourth-order valence-electron chi connectivity index (χ4n) is 1.63. The van der Waals surface area contributed by atoms with Gasteiger partial charge in [-0.05, 0) is 6.07 Å². The molecule has 1 aliphatic heterocycles. The minimum atomic E-state index is -2.63. The highest BCUT2D eigenvalue weighted by Gasteiger charge is 2.43. The van der Waals surface area contributed by atoms with Crippen LogP contribution in [0.25, 0.3) is 0 Å². The SMILES string of the molecule is O=C(O)c1cnc(CN2CC(F)(F)C2)c(Cl)c1. The van der Waals surface area contributed by atoms with Gasteiger partial charge in [0.05, 0.1) is 29.4 Å². The molecule has 0 aliphatic carbocycles. The van der Waals surface area contributed by atoms with Crippen LogP contribution in [0.5, 0.6) is 0 Å². The van der Waals surface area contributed by atoms with E-state index in [1.165, 1.54) is 17.2 Å². The lowest BCUT2D eigenvalue weighted by atomic mass is 10.1. The molecule has 0 amide bonds. The molecule has 0 aromatic carbocycles. The van der Waals surface area contributed by atoms with E-state index in [4.69, 9.17) is 16.7 Å². The Bertz CT molecular complexity index is 460. The van der Waals surface area contributed by atoms with Gasteiger partial charge >= 0.3 is 5.97 Å². The van der Waals surface area contributed by atoms with Gasteiger partial charge in [0.15, 0.2) is 0 Å². The number of nitrogens with zero attached hydrogens (tertiary/aromatic N) is 2. The summed E-state index contributed by atoms with van der Waals surface area (Å²) in [5, 5.41) is 8.88. The van der Waals surface area contributed by atoms with Gasteiger partial charge in [0.25, 0.3) is 5.92 Å². The Morgan fingerprint density at radius 2 is 2.24 bits per heavy atom. The average Bonchev–Trinajstić information content (AvgIpc) is 2.17. The van der Waals surface area contributed by atoms with Gasteiger partial charge in [-0.2, -0.15) is 0 Å². The summed E-state index contributed by atoms with van der Waals surface area (Å²) in [4.78, 5) is 16.0. The summed E-state index contributed by atoms with van der Waals surface area (Å²) >= 11 is 5.83. The molecule has 1 aromatic rings. The van der Waals surface area contributed by atoms with Gasteiger partial charge in [0, 0.05) is 12.7 Å². The Labute approximate surface area is 101 Å². The van der Waals surface area contributed by atoms with E-state index in [9.17, 15) is 13.6 Å². The van der Waals surface area contributed by atoms with Crippen LogP contribution in [0.2, 0.25) is 5.02 Å². The number of alkyl halides is 2. The number of aromatic carboxylic acids is 1. The van der Waals surface area contributed by atoms with E-state index in [2.05, 4.69) is 4.98 Å². The number of halogens is 3. The fraction of sp³-hybridized carbons (Fsp3) is 0.400. The molecule has 1 aromatic heterocycles. The molecule has 1 N–H and O–H groups in total. The summed E-state index contributed by atoms with van der Waals surface area (Å²) < 4.78 is 25.2. The van der Waals surface area contributed by atoms with Crippen LogP contribution in [-0.2, 0) is 6.54 Å². The molecule has 1 fully saturated rings. The molecule has 7 heteroatoms. The summed E-state index contributed by atoms with van der Waals surface area (Å²) in [6.07, 6.45) is 1.17. The highest BCUT2D eigenvalue weighted by atomic mass is 35.5. The third kappa shape index (κ3) is 2.70. The average molecular weight is 263 g/mol. The smallest absolute Gasteiger partial charge is 0.337 e. The molecule has 17 heavy (non-hydrogen) atoms. The van der Waals surface area contributed by atoms with E-state index in [0.29, 0.717) is 5.69 Å². The number of likely N-dealkylation sites (tertiary alicyclic amines) is 1. The standard InChI is InChI=1S/C10H9ClF2N2O2/c11-7-1-6(9(16)17)2-14-8(7)3-15-4-10(12,13)5-15/h1-2H,3-5H2,(H,16,17). The molecule has 0 saturated carbocycles. The number of hydrogen-bond donors (Lipinski definition) is 1. The topological polar surface area (TPSA) is 53.4 Å². The molecule has 0 atom stereocenters. The number of aromatic nitrogens is 1. The number of carboxylic acid groups (broad SMARTS) is 1. The monoisotopic (exact) mass is 262 g/mol. The Morgan fingerprint density at radius 1 is 1.59 bits per heavy atom. The van der Waals surface area contributed by atoms with Crippen molar-refractivity contribution in [3.8, 4) is 0 Å². The van der Waals surface area contributed by atoms with Crippen LogP contribution in [0, 0.1) is 0 Å². The van der Waals surface area contributed by atoms with Crippen molar-refractivity contribution in [3.05, 3.63) is 28.5 Å². The quantitative estimate of drug-likeness (QED) is 0.904. The third-order valence-corrected chi connectivity index (χ3v) is 2.77. The molecular weight excluding hydrogens is 254 g/mol. The van der Waals surface area contributed by atoms with Gasteiger partial charge in [0.2, 0.25) is 0 Å². The summed E-state index contributed by atoms with van der Waals surface area (Å²) in [6, 6.07) is 1.27. The molecule has 2 rings (SSSR count). The van der Waals surface area contributed by atoms with Gasteiger partial charge in [-0.3, -0.25) is 9.88 Å². The van der Waals surface area contributed by atoms with Gasteiger partial charge in [-0.1, -0.05) is 11.6 Å². The molecular formula is C10H9ClF2N2O2. The Morgan fingerprint density at radius 3 is 2.71 bits per heavy atom. The Balaban J connectivity index is 2.05. The first-order valence-electron chi connectivity index (χ1n) is 4.85. The number of carboxylic acids is 1. The van der Waals surface area contributed by atoms with Crippen molar-refractivity contribution in [2.45, 2.75) is 12.5 Å². The highest BCUT2D eigenvalue weighted by molar-refractivity contribution is 6.31. The van der Waals surface area contributed by atoms with E-state index in [-0.39, 0.29) is 30.2 Å². The molecule has 0 radical (unpaired) electrons. The van der Waals surface area contributed by atoms with Crippen molar-refractivity contribution in [1.82, 2.24) is 9.88 Å². The maximum atomic E-state index is 12.6. The van der Waals surface area contributed by atoms with Crippen LogP contribution in [0.15, 0.2) is 12.3 Å². The molecule has 92 valence electrons. The van der Waals surface area contributed by atoms with E-state index < -0.39 is 11.9 Å². The first-order valence-corrected chi connectivity index (χ1v) is 5.23. The van der Waals surface area contributed by atoms with Crippen LogP contribution >= 0.6 is 11.6 Å². The number of carbonyl (C=O) groups is 1. The van der Waals surface area contributed by atoms with E-state index >= 15 is 0 Å². The third-order valence-electron chi connectivity index (χ3n) is 2.45. The van der Waals surface area contributed by atoms with Crippen LogP contribution < -0.4 is 0 Å². The predicted octanol–water partition coefficient (Wildman–Crippen LogP) is 1.88. The van der Waals surface area contributed by atoms with E-state index in [1.807, 2.05) is 0 Å². The van der Waals surface area contributed by atoms with Crippen molar-refractivity contribution in [3.63, 3.8) is 0 Å². The van der Waals surface area contributed by atoms with Crippen molar-refractivity contribution in [1.29, 1.82) is 0 Å². The van der Waals surface area contributed by atoms with Crippen molar-refractivity contribution < 1.29 is 18.7 Å². The minimum absolute atomic E-state index is 0.0207. The van der Waals surface area contributed by atoms with Gasteiger partial charge in [-0.15, -0.1) is 0 Å². The molecule has 0 bridgehead atoms. The normalized spacial score (nSPS) is 18.8. The Kier molecular flexibility index (Phi) is 3.01. The molecule has 4 nitrogen and oxygen atoms in total. The second-order valence-electron chi connectivity index (χ2n) is 3.96. The van der Waals surface area contributed by atoms with Gasteiger partial charge < -0.3 is 5.11 Å². The summed E-state index contributed by atoms with van der Waals surface area (Å²) in [5.74, 6) is -3.76. The van der Waals surface area contributed by atoms with E-state index in [0.717, 1.165) is 0 Å². The molecule has 1 saturated heterocycles. The zero-order valence-corrected chi connectivity index (χ0v) is 9.42. The maximum Gasteiger partial charge on any atom is 0.337 e. The van der Waals surface area contributed by atoms with Crippen molar-refractivity contribution in [2.75, 3.05) is 13.1 Å². The fourth-order valence-corrected chi connectivity index (χ4v) is 1.86. The highest BCUT2D eigenvalue weighted by Crippen LogP contribution is 2.29. The first kappa shape index (κ1) is 12.2. The van der Waals surface area contributed by atoms with Crippen LogP contribution in [-0.4, -0.2) is 40.0 Å². The summed E-state index contributed by atoms with van der Waals surface area (Å²) in [6.45, 7) is -0.425. The lowest BCUT2D eigenvalue weighted by Crippen LogP contribution is -2.55. The van der Waals surface area contributed by atoms with Crippen LogP contribution in [0.1, 0.15) is 16.1 Å². The largest absolute Gasteiger partial charge is 0.478 e. The summed E-state index contributed by atoms with van der Waals surface area (Å²) in [7, 11) is 0. The second-order valence-corrected chi connectivity index (χ2v) is 4.37. The van der Waals surface area contributed by atoms with Crippen LogP contribution in [0.3, 0.4) is 0 Å². The van der Waals surface area contributed by atoms with Crippen molar-refractivity contribution in [2.24, 2.45) is 0 Å². The first-order chi connectivity index (χ1) is 7.87. The minimum Gasteiger partial charge on any atom is -0.478 e. The molecule has 0 unspecified atom stereocenters. The molecule has 1 aliphatic rings. The lowest BCUT2D eigenvalue weighted by Gasteiger charge is -2.38. The Hall–Kier alpha value is -1.27. The second kappa shape index (κ2) is 4.19. The number of rotatable bonds is 3. The number of pyridine rings is 1. The lowest BCUT2D eigenvalue weighted by molar-refractivity contribution is -0.134. The summed E-state index contributed by atoms with van der Waals surface area (Å²) in [5.41, 5.74) is 0.389. The number of hydrogen-bond acceptors (Lipinski definition) is 3. The van der Waals surface area contributed by atoms with E-state index in [1.54, 1.807) is 0 Å². The van der Waals surface area contributed by atoms with Gasteiger partial charge in [0.1, 0.15) is 0 Å². The molecule has 2 heterocycles. The predicted molar refractivity (Wildman–Crippen MR) is 56.4 cm³/mol. The van der Waals surface area contributed by atoms with Crippen molar-refractivity contribution >= 4 is 17.6 Å². The van der Waals surface area contributed by atoms with Crippen LogP contribution in [0.4, 0.5) is 8.78 Å². The zero-order chi connectivity index (χ0) is 12.6. The maximum absolute atomic E-state index is 12.6. The van der Waals surface area contributed by atoms with Gasteiger partial charge in [-0.25, -0.2) is 13.6 Å². The molecule has 0 spiro atoms. The zero-order valence-electron chi connectivity index (χ0n) is 8.66.